The van der Waals surface area contributed by atoms with Gasteiger partial charge in [-0.05, 0) is 36.4 Å². The van der Waals surface area contributed by atoms with Crippen LogP contribution in [0.15, 0.2) is 24.3 Å². The normalized spacial score (nSPS) is 18.9. The highest BCUT2D eigenvalue weighted by atomic mass is 15.1. The highest BCUT2D eigenvalue weighted by Gasteiger charge is 2.26. The number of para-hydroxylation sites is 1. The molecule has 1 N–H and O–H groups in total. The van der Waals surface area contributed by atoms with Gasteiger partial charge in [-0.25, -0.2) is 0 Å². The fourth-order valence-electron chi connectivity index (χ4n) is 2.58. The average molecular weight is 246 g/mol. The Morgan fingerprint density at radius 3 is 2.50 bits per heavy atom. The molecule has 0 atom stereocenters. The smallest absolute Gasteiger partial charge is 0.0411 e. The predicted molar refractivity (Wildman–Crippen MR) is 79.1 cm³/mol. The molecule has 2 nitrogen and oxygen atoms in total. The molecule has 100 valence electrons. The van der Waals surface area contributed by atoms with Crippen molar-refractivity contribution in [3.63, 3.8) is 0 Å². The van der Waals surface area contributed by atoms with Crippen molar-refractivity contribution in [3.05, 3.63) is 29.8 Å². The van der Waals surface area contributed by atoms with E-state index in [1.54, 1.807) is 0 Å². The third-order valence-corrected chi connectivity index (χ3v) is 4.01. The molecule has 1 heterocycles. The largest absolute Gasteiger partial charge is 0.371 e. The van der Waals surface area contributed by atoms with E-state index in [0.717, 1.165) is 13.1 Å². The van der Waals surface area contributed by atoms with E-state index in [0.29, 0.717) is 5.41 Å². The minimum Gasteiger partial charge on any atom is -0.371 e. The lowest BCUT2D eigenvalue weighted by Gasteiger charge is -2.39. The molecule has 0 aliphatic carbocycles. The van der Waals surface area contributed by atoms with E-state index in [4.69, 9.17) is 0 Å². The number of anilines is 1. The topological polar surface area (TPSA) is 15.3 Å². The van der Waals surface area contributed by atoms with Crippen LogP contribution in [-0.2, 0) is 6.54 Å². The summed E-state index contributed by atoms with van der Waals surface area (Å²) in [7, 11) is 0. The van der Waals surface area contributed by atoms with Crippen LogP contribution in [0, 0.1) is 5.41 Å². The molecule has 2 rings (SSSR count). The van der Waals surface area contributed by atoms with E-state index in [1.165, 1.54) is 37.2 Å². The summed E-state index contributed by atoms with van der Waals surface area (Å²) in [5, 5.41) is 3.43. The van der Waals surface area contributed by atoms with Crippen molar-refractivity contribution in [1.82, 2.24) is 5.32 Å². The monoisotopic (exact) mass is 246 g/mol. The molecule has 1 saturated heterocycles. The highest BCUT2D eigenvalue weighted by Crippen LogP contribution is 2.33. The molecule has 0 aromatic heterocycles. The first-order valence-corrected chi connectivity index (χ1v) is 7.16. The summed E-state index contributed by atoms with van der Waals surface area (Å²) in [5.41, 5.74) is 3.38. The van der Waals surface area contributed by atoms with Gasteiger partial charge in [-0.2, -0.15) is 0 Å². The van der Waals surface area contributed by atoms with Crippen molar-refractivity contribution in [1.29, 1.82) is 0 Å². The number of hydrogen-bond donors (Lipinski definition) is 1. The van der Waals surface area contributed by atoms with E-state index in [2.05, 4.69) is 55.3 Å². The number of nitrogens with one attached hydrogen (secondary N) is 1. The van der Waals surface area contributed by atoms with Crippen molar-refractivity contribution >= 4 is 5.69 Å². The number of rotatable bonds is 4. The van der Waals surface area contributed by atoms with Crippen LogP contribution in [0.1, 0.15) is 39.2 Å². The maximum Gasteiger partial charge on any atom is 0.0411 e. The Morgan fingerprint density at radius 2 is 1.83 bits per heavy atom. The van der Waals surface area contributed by atoms with Crippen LogP contribution in [0.4, 0.5) is 5.69 Å². The number of benzene rings is 1. The van der Waals surface area contributed by atoms with Gasteiger partial charge in [0, 0.05) is 25.3 Å². The standard InChI is InChI=1S/C16H26N2/c1-4-17-13-14-7-5-6-8-15(14)18-11-9-16(2,3)10-12-18/h5-8,17H,4,9-13H2,1-3H3. The summed E-state index contributed by atoms with van der Waals surface area (Å²) in [5.74, 6) is 0. The van der Waals surface area contributed by atoms with Gasteiger partial charge in [0.25, 0.3) is 0 Å². The quantitative estimate of drug-likeness (QED) is 0.875. The zero-order valence-electron chi connectivity index (χ0n) is 12.0. The van der Waals surface area contributed by atoms with Gasteiger partial charge in [0.15, 0.2) is 0 Å². The molecular formula is C16H26N2. The Hall–Kier alpha value is -1.02. The molecule has 0 saturated carbocycles. The van der Waals surface area contributed by atoms with E-state index >= 15 is 0 Å². The summed E-state index contributed by atoms with van der Waals surface area (Å²) >= 11 is 0. The van der Waals surface area contributed by atoms with Crippen LogP contribution in [0.25, 0.3) is 0 Å². The lowest BCUT2D eigenvalue weighted by Crippen LogP contribution is -2.38. The highest BCUT2D eigenvalue weighted by molar-refractivity contribution is 5.54. The van der Waals surface area contributed by atoms with Gasteiger partial charge in [0.2, 0.25) is 0 Å². The zero-order valence-corrected chi connectivity index (χ0v) is 12.0. The van der Waals surface area contributed by atoms with Crippen molar-refractivity contribution < 1.29 is 0 Å². The Balaban J connectivity index is 2.08. The molecule has 0 unspecified atom stereocenters. The first-order valence-electron chi connectivity index (χ1n) is 7.16. The molecule has 18 heavy (non-hydrogen) atoms. The average Bonchev–Trinajstić information content (AvgIpc) is 2.37. The Morgan fingerprint density at radius 1 is 1.17 bits per heavy atom. The number of nitrogens with zero attached hydrogens (tertiary/aromatic N) is 1. The van der Waals surface area contributed by atoms with Gasteiger partial charge in [0.05, 0.1) is 0 Å². The van der Waals surface area contributed by atoms with Crippen molar-refractivity contribution in [2.45, 2.75) is 40.2 Å². The van der Waals surface area contributed by atoms with E-state index in [1.807, 2.05) is 0 Å². The van der Waals surface area contributed by atoms with Crippen LogP contribution >= 0.6 is 0 Å². The Kier molecular flexibility index (Phi) is 4.28. The molecule has 0 bridgehead atoms. The summed E-state index contributed by atoms with van der Waals surface area (Å²) in [6.07, 6.45) is 2.59. The van der Waals surface area contributed by atoms with Gasteiger partial charge in [-0.1, -0.05) is 39.0 Å². The summed E-state index contributed by atoms with van der Waals surface area (Å²) in [6.45, 7) is 11.3. The van der Waals surface area contributed by atoms with Gasteiger partial charge in [-0.15, -0.1) is 0 Å². The third kappa shape index (κ3) is 3.26. The SMILES string of the molecule is CCNCc1ccccc1N1CCC(C)(C)CC1. The molecule has 2 heteroatoms. The lowest BCUT2D eigenvalue weighted by atomic mass is 9.82. The van der Waals surface area contributed by atoms with E-state index in [9.17, 15) is 0 Å². The predicted octanol–water partition coefficient (Wildman–Crippen LogP) is 3.42. The lowest BCUT2D eigenvalue weighted by molar-refractivity contribution is 0.279. The first-order chi connectivity index (χ1) is 8.62. The molecule has 0 radical (unpaired) electrons. The first kappa shape index (κ1) is 13.4. The van der Waals surface area contributed by atoms with Crippen LogP contribution in [0.2, 0.25) is 0 Å². The molecule has 1 aromatic carbocycles. The number of piperidine rings is 1. The molecule has 0 amide bonds. The maximum absolute atomic E-state index is 3.43. The van der Waals surface area contributed by atoms with Crippen LogP contribution < -0.4 is 10.2 Å². The van der Waals surface area contributed by atoms with Gasteiger partial charge in [-0.3, -0.25) is 0 Å². The van der Waals surface area contributed by atoms with Crippen molar-refractivity contribution in [2.24, 2.45) is 5.41 Å². The molecule has 1 fully saturated rings. The van der Waals surface area contributed by atoms with Gasteiger partial charge in [0.1, 0.15) is 0 Å². The molecule has 1 aliphatic heterocycles. The van der Waals surface area contributed by atoms with Crippen molar-refractivity contribution in [3.8, 4) is 0 Å². The second-order valence-corrected chi connectivity index (χ2v) is 6.06. The minimum atomic E-state index is 0.521. The fourth-order valence-corrected chi connectivity index (χ4v) is 2.58. The minimum absolute atomic E-state index is 0.521. The fraction of sp³-hybridized carbons (Fsp3) is 0.625. The molecule has 1 aliphatic rings. The Labute approximate surface area is 111 Å². The number of hydrogen-bond acceptors (Lipinski definition) is 2. The van der Waals surface area contributed by atoms with Crippen LogP contribution in [-0.4, -0.2) is 19.6 Å². The summed E-state index contributed by atoms with van der Waals surface area (Å²) in [4.78, 5) is 2.55. The maximum atomic E-state index is 3.43. The van der Waals surface area contributed by atoms with Crippen LogP contribution in [0.5, 0.6) is 0 Å². The second-order valence-electron chi connectivity index (χ2n) is 6.06. The summed E-state index contributed by atoms with van der Waals surface area (Å²) in [6, 6.07) is 8.82. The second kappa shape index (κ2) is 5.75. The van der Waals surface area contributed by atoms with Gasteiger partial charge < -0.3 is 10.2 Å². The zero-order chi connectivity index (χ0) is 13.0. The van der Waals surface area contributed by atoms with Crippen molar-refractivity contribution in [2.75, 3.05) is 24.5 Å². The van der Waals surface area contributed by atoms with E-state index in [-0.39, 0.29) is 0 Å². The molecule has 1 aromatic rings. The van der Waals surface area contributed by atoms with E-state index < -0.39 is 0 Å². The van der Waals surface area contributed by atoms with Gasteiger partial charge >= 0.3 is 0 Å². The molecule has 0 spiro atoms. The third-order valence-electron chi connectivity index (χ3n) is 4.01. The molecular weight excluding hydrogens is 220 g/mol. The Bertz CT molecular complexity index is 374. The van der Waals surface area contributed by atoms with Crippen LogP contribution in [0.3, 0.4) is 0 Å². The summed E-state index contributed by atoms with van der Waals surface area (Å²) < 4.78 is 0.